The molecule has 1 aromatic heterocycles. The fourth-order valence-electron chi connectivity index (χ4n) is 4.27. The number of likely N-dealkylation sites (tertiary alicyclic amines) is 1. The summed E-state index contributed by atoms with van der Waals surface area (Å²) in [5.74, 6) is 1.09. The van der Waals surface area contributed by atoms with E-state index in [1.807, 2.05) is 11.5 Å². The van der Waals surface area contributed by atoms with Gasteiger partial charge in [0.25, 0.3) is 5.91 Å². The van der Waals surface area contributed by atoms with Crippen molar-refractivity contribution in [3.8, 4) is 0 Å². The molecule has 26 heavy (non-hydrogen) atoms. The summed E-state index contributed by atoms with van der Waals surface area (Å²) in [5.41, 5.74) is 2.17. The Balaban J connectivity index is 1.68. The van der Waals surface area contributed by atoms with E-state index in [-0.39, 0.29) is 11.9 Å². The standard InChI is InChI=1S/C18H27N6O2/c1-12-13(2)24-14-15(20(3)18(26)21(4)16(14)25)19-17(24)23(12)11-10-22-8-6-5-7-9-22/h14H,5-11H2,1-4H3/q+1. The first-order valence-corrected chi connectivity index (χ1v) is 9.39. The van der Waals surface area contributed by atoms with Crippen LogP contribution < -0.4 is 4.57 Å². The van der Waals surface area contributed by atoms with Gasteiger partial charge in [-0.2, -0.15) is 0 Å². The second-order valence-corrected chi connectivity index (χ2v) is 7.51. The van der Waals surface area contributed by atoms with Gasteiger partial charge in [-0.3, -0.25) is 14.6 Å². The molecule has 1 unspecified atom stereocenters. The van der Waals surface area contributed by atoms with Crippen LogP contribution in [0.3, 0.4) is 0 Å². The van der Waals surface area contributed by atoms with Crippen LogP contribution in [0.25, 0.3) is 0 Å². The summed E-state index contributed by atoms with van der Waals surface area (Å²) >= 11 is 0. The van der Waals surface area contributed by atoms with Crippen LogP contribution in [0.1, 0.15) is 36.7 Å². The van der Waals surface area contributed by atoms with Crippen LogP contribution >= 0.6 is 0 Å². The van der Waals surface area contributed by atoms with Crippen LogP contribution in [0.2, 0.25) is 0 Å². The Morgan fingerprint density at radius 1 is 1.08 bits per heavy atom. The van der Waals surface area contributed by atoms with Crippen molar-refractivity contribution in [2.24, 2.45) is 4.99 Å². The minimum Gasteiger partial charge on any atom is -0.300 e. The summed E-state index contributed by atoms with van der Waals surface area (Å²) in [6.07, 6.45) is 3.87. The number of hydrogen-bond donors (Lipinski definition) is 0. The molecule has 3 amide bonds. The van der Waals surface area contributed by atoms with Gasteiger partial charge in [-0.15, -0.1) is 0 Å². The Morgan fingerprint density at radius 3 is 2.46 bits per heavy atom. The molecule has 0 bridgehead atoms. The number of amidine groups is 1. The van der Waals surface area contributed by atoms with E-state index >= 15 is 0 Å². The first kappa shape index (κ1) is 17.2. The normalized spacial score (nSPS) is 23.4. The van der Waals surface area contributed by atoms with Gasteiger partial charge >= 0.3 is 12.0 Å². The minimum absolute atomic E-state index is 0.216. The monoisotopic (exact) mass is 359 g/mol. The van der Waals surface area contributed by atoms with Gasteiger partial charge in [0.15, 0.2) is 0 Å². The molecule has 0 N–H and O–H groups in total. The van der Waals surface area contributed by atoms with Gasteiger partial charge in [0.2, 0.25) is 11.9 Å². The molecule has 8 heteroatoms. The fourth-order valence-corrected chi connectivity index (χ4v) is 4.27. The molecule has 3 aliphatic heterocycles. The number of urea groups is 1. The summed E-state index contributed by atoms with van der Waals surface area (Å²) in [4.78, 5) is 34.9. The Bertz CT molecular complexity index is 805. The van der Waals surface area contributed by atoms with E-state index in [1.54, 1.807) is 7.05 Å². The van der Waals surface area contributed by atoms with Gasteiger partial charge in [-0.05, 0) is 39.8 Å². The van der Waals surface area contributed by atoms with E-state index in [4.69, 9.17) is 4.99 Å². The van der Waals surface area contributed by atoms with Gasteiger partial charge in [0, 0.05) is 20.6 Å². The molecule has 0 radical (unpaired) electrons. The summed E-state index contributed by atoms with van der Waals surface area (Å²) in [6.45, 7) is 8.26. The highest BCUT2D eigenvalue weighted by Crippen LogP contribution is 2.34. The highest BCUT2D eigenvalue weighted by Gasteiger charge is 2.53. The van der Waals surface area contributed by atoms with Crippen LogP contribution in [0.5, 0.6) is 0 Å². The highest BCUT2D eigenvalue weighted by molar-refractivity contribution is 6.20. The van der Waals surface area contributed by atoms with Crippen LogP contribution in [0, 0.1) is 13.8 Å². The molecule has 4 rings (SSSR count). The van der Waals surface area contributed by atoms with Crippen molar-refractivity contribution >= 4 is 23.7 Å². The van der Waals surface area contributed by atoms with Crippen molar-refractivity contribution in [3.63, 3.8) is 0 Å². The van der Waals surface area contributed by atoms with Crippen LogP contribution in [0.15, 0.2) is 4.99 Å². The van der Waals surface area contributed by atoms with E-state index in [0.29, 0.717) is 5.84 Å². The first-order chi connectivity index (χ1) is 12.4. The molecule has 4 heterocycles. The zero-order valence-electron chi connectivity index (χ0n) is 16.0. The number of fused-ring (bicyclic) bond motifs is 3. The molecule has 2 saturated heterocycles. The number of imidazole rings is 1. The smallest absolute Gasteiger partial charge is 0.300 e. The number of amides is 3. The Morgan fingerprint density at radius 2 is 1.77 bits per heavy atom. The van der Waals surface area contributed by atoms with Crippen LogP contribution in [0.4, 0.5) is 10.7 Å². The maximum absolute atomic E-state index is 12.8. The number of rotatable bonds is 3. The largest absolute Gasteiger partial charge is 0.402 e. The number of piperidine rings is 1. The maximum Gasteiger partial charge on any atom is 0.402 e. The summed E-state index contributed by atoms with van der Waals surface area (Å²) in [7, 11) is 3.22. The quantitative estimate of drug-likeness (QED) is 0.756. The predicted octanol–water partition coefficient (Wildman–Crippen LogP) is 0.987. The molecule has 1 aromatic rings. The number of carbonyl (C=O) groups excluding carboxylic acids is 2. The lowest BCUT2D eigenvalue weighted by molar-refractivity contribution is -0.688. The molecule has 3 aliphatic rings. The van der Waals surface area contributed by atoms with Crippen LogP contribution in [-0.2, 0) is 11.3 Å². The van der Waals surface area contributed by atoms with E-state index in [1.165, 1.54) is 36.1 Å². The number of aromatic nitrogens is 2. The molecule has 0 spiro atoms. The Kier molecular flexibility index (Phi) is 4.10. The molecule has 0 saturated carbocycles. The lowest BCUT2D eigenvalue weighted by Gasteiger charge is -2.30. The number of carbonyl (C=O) groups is 2. The zero-order valence-corrected chi connectivity index (χ0v) is 16.0. The topological polar surface area (TPSA) is 65.0 Å². The molecule has 2 fully saturated rings. The lowest BCUT2D eigenvalue weighted by atomic mass is 10.1. The third kappa shape index (κ3) is 2.39. The average molecular weight is 359 g/mol. The zero-order chi connectivity index (χ0) is 18.6. The summed E-state index contributed by atoms with van der Waals surface area (Å²) in [5, 5.41) is 0. The molecular formula is C18H27N6O2+. The molecule has 0 aliphatic carbocycles. The summed E-state index contributed by atoms with van der Waals surface area (Å²) in [6, 6.07) is -0.863. The van der Waals surface area contributed by atoms with E-state index in [2.05, 4.69) is 16.4 Å². The highest BCUT2D eigenvalue weighted by atomic mass is 16.2. The summed E-state index contributed by atoms with van der Waals surface area (Å²) < 4.78 is 4.18. The molecule has 1 atom stereocenters. The third-order valence-electron chi connectivity index (χ3n) is 6.03. The minimum atomic E-state index is -0.535. The van der Waals surface area contributed by atoms with Crippen LogP contribution in [-0.4, -0.2) is 70.8 Å². The van der Waals surface area contributed by atoms with Crippen molar-refractivity contribution < 1.29 is 14.2 Å². The van der Waals surface area contributed by atoms with Gasteiger partial charge in [-0.1, -0.05) is 11.4 Å². The van der Waals surface area contributed by atoms with E-state index in [9.17, 15) is 9.59 Å². The number of likely N-dealkylation sites (N-methyl/N-ethyl adjacent to an activating group) is 2. The molecular weight excluding hydrogens is 332 g/mol. The van der Waals surface area contributed by atoms with E-state index in [0.717, 1.165) is 43.5 Å². The maximum atomic E-state index is 12.8. The SMILES string of the molecule is Cc1c(C)[n+](CCN2CCCCC2)c2n1C1C(=O)N(C)C(=O)N(C)C1=N2. The fraction of sp³-hybridized carbons (Fsp3) is 0.667. The van der Waals surface area contributed by atoms with Gasteiger partial charge in [-0.25, -0.2) is 13.9 Å². The number of hydrogen-bond acceptors (Lipinski definition) is 4. The third-order valence-corrected chi connectivity index (χ3v) is 6.03. The molecule has 0 aromatic carbocycles. The predicted molar refractivity (Wildman–Crippen MR) is 96.5 cm³/mol. The molecule has 140 valence electrons. The second-order valence-electron chi connectivity index (χ2n) is 7.51. The van der Waals surface area contributed by atoms with Crippen molar-refractivity contribution in [3.05, 3.63) is 11.4 Å². The van der Waals surface area contributed by atoms with Crippen molar-refractivity contribution in [2.75, 3.05) is 33.7 Å². The Hall–Kier alpha value is -2.22. The number of imide groups is 1. The molecule has 8 nitrogen and oxygen atoms in total. The van der Waals surface area contributed by atoms with Gasteiger partial charge < -0.3 is 4.90 Å². The van der Waals surface area contributed by atoms with Gasteiger partial charge in [0.1, 0.15) is 11.4 Å². The first-order valence-electron chi connectivity index (χ1n) is 9.39. The number of nitrogens with zero attached hydrogens (tertiary/aromatic N) is 6. The number of aliphatic imine (C=N–C) groups is 1. The van der Waals surface area contributed by atoms with Crippen molar-refractivity contribution in [2.45, 2.75) is 45.7 Å². The van der Waals surface area contributed by atoms with Gasteiger partial charge in [0.05, 0.1) is 6.54 Å². The van der Waals surface area contributed by atoms with Crippen molar-refractivity contribution in [1.29, 1.82) is 0 Å². The average Bonchev–Trinajstić information content (AvgIpc) is 3.14. The van der Waals surface area contributed by atoms with E-state index < -0.39 is 6.04 Å². The Labute approximate surface area is 153 Å². The van der Waals surface area contributed by atoms with Crippen molar-refractivity contribution in [1.82, 2.24) is 19.3 Å². The lowest BCUT2D eigenvalue weighted by Crippen LogP contribution is -2.56. The second kappa shape index (κ2) is 6.19.